The summed E-state index contributed by atoms with van der Waals surface area (Å²) >= 11 is 0. The molecule has 0 saturated carbocycles. The normalized spacial score (nSPS) is 10.2. The van der Waals surface area contributed by atoms with Gasteiger partial charge in [-0.2, -0.15) is 0 Å². The number of hydrogen-bond donors (Lipinski definition) is 0. The van der Waals surface area contributed by atoms with Crippen LogP contribution in [0.4, 0.5) is 0 Å². The van der Waals surface area contributed by atoms with Crippen LogP contribution in [-0.4, -0.2) is 72.9 Å². The van der Waals surface area contributed by atoms with Crippen LogP contribution >= 0.6 is 0 Å². The van der Waals surface area contributed by atoms with Gasteiger partial charge in [0.2, 0.25) is 0 Å². The third-order valence-corrected chi connectivity index (χ3v) is 2.14. The molecule has 0 aromatic carbocycles. The van der Waals surface area contributed by atoms with Gasteiger partial charge in [-0.25, -0.2) is 0 Å². The van der Waals surface area contributed by atoms with Gasteiger partial charge in [-0.05, 0) is 0 Å². The summed E-state index contributed by atoms with van der Waals surface area (Å²) in [7, 11) is 0. The fraction of sp³-hybridized carbons (Fsp3) is 0.600. The number of carboxylic acid groups (broad SMARTS) is 4. The number of rotatable bonds is 11. The molecule has 118 valence electrons. The van der Waals surface area contributed by atoms with E-state index < -0.39 is 50.1 Å². The van der Waals surface area contributed by atoms with Gasteiger partial charge in [0.1, 0.15) is 0 Å². The van der Waals surface area contributed by atoms with Crippen LogP contribution in [-0.2, 0) is 19.2 Å². The molecule has 10 nitrogen and oxygen atoms in total. The molecule has 21 heavy (non-hydrogen) atoms. The van der Waals surface area contributed by atoms with Gasteiger partial charge in [0.25, 0.3) is 0 Å². The van der Waals surface area contributed by atoms with Gasteiger partial charge in [0, 0.05) is 81.0 Å². The summed E-state index contributed by atoms with van der Waals surface area (Å²) in [6, 6.07) is 0. The van der Waals surface area contributed by atoms with Crippen molar-refractivity contribution in [1.29, 1.82) is 0 Å². The van der Waals surface area contributed by atoms with E-state index in [-0.39, 0.29) is 54.8 Å². The molecular formula is C10H12CeN2O8-4. The fourth-order valence-electron chi connectivity index (χ4n) is 1.44. The largest absolute Gasteiger partial charge is 0.549 e. The van der Waals surface area contributed by atoms with E-state index in [9.17, 15) is 39.6 Å². The Balaban J connectivity index is 0. The molecule has 0 fully saturated rings. The Hall–Kier alpha value is -0.823. The first-order valence-electron chi connectivity index (χ1n) is 5.44. The van der Waals surface area contributed by atoms with Gasteiger partial charge < -0.3 is 39.6 Å². The Morgan fingerprint density at radius 1 is 0.571 bits per heavy atom. The van der Waals surface area contributed by atoms with E-state index in [4.69, 9.17) is 0 Å². The smallest absolute Gasteiger partial charge is 0.0555 e. The SMILES string of the molecule is O=C([O-])CN(CCN(CC(=O)[O-])CC(=O)[O-])CC(=O)[O-].[Ce]. The van der Waals surface area contributed by atoms with E-state index in [2.05, 4.69) is 0 Å². The van der Waals surface area contributed by atoms with Crippen molar-refractivity contribution in [2.45, 2.75) is 0 Å². The zero-order chi connectivity index (χ0) is 15.7. The Bertz CT molecular complexity index is 321. The Labute approximate surface area is 153 Å². The van der Waals surface area contributed by atoms with Crippen LogP contribution in [0.15, 0.2) is 0 Å². The van der Waals surface area contributed by atoms with E-state index in [1.165, 1.54) is 0 Å². The molecule has 0 aliphatic carbocycles. The molecule has 11 heteroatoms. The molecule has 0 aromatic rings. The topological polar surface area (TPSA) is 167 Å². The zero-order valence-corrected chi connectivity index (χ0v) is 14.0. The average molecular weight is 428 g/mol. The molecule has 0 spiro atoms. The molecule has 0 heterocycles. The van der Waals surface area contributed by atoms with Gasteiger partial charge >= 0.3 is 0 Å². The summed E-state index contributed by atoms with van der Waals surface area (Å²) in [4.78, 5) is 43.4. The first-order valence-corrected chi connectivity index (χ1v) is 5.44. The Kier molecular flexibility index (Phi) is 12.6. The molecule has 0 amide bonds. The summed E-state index contributed by atoms with van der Waals surface area (Å²) in [6.07, 6.45) is 0. The van der Waals surface area contributed by atoms with Crippen molar-refractivity contribution >= 4 is 23.9 Å². The first-order chi connectivity index (χ1) is 9.20. The molecule has 0 radical (unpaired) electrons. The van der Waals surface area contributed by atoms with Crippen molar-refractivity contribution in [3.63, 3.8) is 0 Å². The van der Waals surface area contributed by atoms with E-state index in [1.807, 2.05) is 0 Å². The number of carboxylic acids is 4. The van der Waals surface area contributed by atoms with Crippen molar-refractivity contribution in [3.8, 4) is 0 Å². The molecule has 0 aliphatic rings. The Morgan fingerprint density at radius 3 is 0.905 bits per heavy atom. The molecule has 0 aliphatic heterocycles. The summed E-state index contributed by atoms with van der Waals surface area (Å²) in [6.45, 7) is -3.25. The van der Waals surface area contributed by atoms with E-state index in [1.54, 1.807) is 0 Å². The van der Waals surface area contributed by atoms with E-state index >= 15 is 0 Å². The molecule has 0 aromatic heterocycles. The maximum atomic E-state index is 10.4. The summed E-state index contributed by atoms with van der Waals surface area (Å²) in [5.41, 5.74) is 0. The summed E-state index contributed by atoms with van der Waals surface area (Å²) in [5, 5.41) is 41.6. The molecule has 0 unspecified atom stereocenters. The second-order valence-corrected chi connectivity index (χ2v) is 3.91. The van der Waals surface area contributed by atoms with Crippen molar-refractivity contribution in [2.24, 2.45) is 0 Å². The first kappa shape index (κ1) is 22.5. The van der Waals surface area contributed by atoms with Crippen LogP contribution in [0.3, 0.4) is 0 Å². The molecular weight excluding hydrogens is 416 g/mol. The number of carbonyl (C=O) groups is 4. The minimum Gasteiger partial charge on any atom is -0.549 e. The van der Waals surface area contributed by atoms with Crippen LogP contribution in [0.25, 0.3) is 0 Å². The molecule has 0 N–H and O–H groups in total. The van der Waals surface area contributed by atoms with Gasteiger partial charge in [0.15, 0.2) is 0 Å². The third-order valence-electron chi connectivity index (χ3n) is 2.14. The second-order valence-electron chi connectivity index (χ2n) is 3.91. The quantitative estimate of drug-likeness (QED) is 0.308. The Morgan fingerprint density at radius 2 is 0.762 bits per heavy atom. The van der Waals surface area contributed by atoms with Gasteiger partial charge in [0.05, 0.1) is 23.9 Å². The summed E-state index contributed by atoms with van der Waals surface area (Å²) < 4.78 is 0. The average Bonchev–Trinajstić information content (AvgIpc) is 2.22. The van der Waals surface area contributed by atoms with Gasteiger partial charge in [-0.15, -0.1) is 0 Å². The maximum absolute atomic E-state index is 10.4. The van der Waals surface area contributed by atoms with Crippen molar-refractivity contribution in [1.82, 2.24) is 9.80 Å². The van der Waals surface area contributed by atoms with Gasteiger partial charge in [-0.1, -0.05) is 0 Å². The van der Waals surface area contributed by atoms with Crippen LogP contribution < -0.4 is 20.4 Å². The van der Waals surface area contributed by atoms with Crippen LogP contribution in [0, 0.1) is 41.7 Å². The standard InChI is InChI=1S/C10H16N2O8.Ce/c13-7(14)3-11(4-8(15)16)1-2-12(5-9(17)18)6-10(19)20;/h1-6H2,(H,13,14)(H,15,16)(H,17,18)(H,19,20);/p-4. The van der Waals surface area contributed by atoms with E-state index in [0.29, 0.717) is 0 Å². The third kappa shape index (κ3) is 13.9. The summed E-state index contributed by atoms with van der Waals surface area (Å²) in [5.74, 6) is -6.12. The monoisotopic (exact) mass is 428 g/mol. The number of nitrogens with zero attached hydrogens (tertiary/aromatic N) is 2. The van der Waals surface area contributed by atoms with Crippen LogP contribution in [0.1, 0.15) is 0 Å². The molecule has 0 saturated heterocycles. The van der Waals surface area contributed by atoms with Crippen molar-refractivity contribution < 1.29 is 81.4 Å². The number of carbonyl (C=O) groups excluding carboxylic acids is 4. The zero-order valence-electron chi connectivity index (χ0n) is 10.9. The van der Waals surface area contributed by atoms with Crippen molar-refractivity contribution in [2.75, 3.05) is 39.3 Å². The predicted molar refractivity (Wildman–Crippen MR) is 52.9 cm³/mol. The maximum Gasteiger partial charge on any atom is 0.0555 e. The fourth-order valence-corrected chi connectivity index (χ4v) is 1.44. The van der Waals surface area contributed by atoms with Crippen molar-refractivity contribution in [3.05, 3.63) is 0 Å². The van der Waals surface area contributed by atoms with E-state index in [0.717, 1.165) is 9.80 Å². The predicted octanol–water partition coefficient (Wildman–Crippen LogP) is -7.41. The minimum atomic E-state index is -1.53. The second kappa shape index (κ2) is 11.8. The van der Waals surface area contributed by atoms with Crippen LogP contribution in [0.5, 0.6) is 0 Å². The molecule has 0 bridgehead atoms. The number of hydrogen-bond acceptors (Lipinski definition) is 10. The van der Waals surface area contributed by atoms with Crippen LogP contribution in [0.2, 0.25) is 0 Å². The number of aliphatic carboxylic acids is 4. The minimum absolute atomic E-state index is 0. The van der Waals surface area contributed by atoms with Gasteiger partial charge in [-0.3, -0.25) is 9.80 Å². The molecule has 0 rings (SSSR count). The molecule has 0 atom stereocenters.